The maximum Gasteiger partial charge on any atom is 0.171 e. The average molecular weight is 355 g/mol. The molecule has 1 N–H and O–H groups in total. The second-order valence-corrected chi connectivity index (χ2v) is 5.51. The zero-order valence-electron chi connectivity index (χ0n) is 11.8. The van der Waals surface area contributed by atoms with Crippen LogP contribution in [0.25, 0.3) is 0 Å². The highest BCUT2D eigenvalue weighted by molar-refractivity contribution is 9.10. The van der Waals surface area contributed by atoms with Gasteiger partial charge < -0.3 is 14.6 Å². The molecule has 0 aromatic heterocycles. The predicted molar refractivity (Wildman–Crippen MR) is 82.1 cm³/mol. The highest BCUT2D eigenvalue weighted by Crippen LogP contribution is 2.29. The number of halogens is 2. The summed E-state index contributed by atoms with van der Waals surface area (Å²) in [5.41, 5.74) is 1.93. The van der Waals surface area contributed by atoms with Gasteiger partial charge in [-0.05, 0) is 30.7 Å². The third kappa shape index (κ3) is 3.54. The van der Waals surface area contributed by atoms with Crippen molar-refractivity contribution in [3.63, 3.8) is 0 Å². The molecule has 3 nitrogen and oxygen atoms in total. The summed E-state index contributed by atoms with van der Waals surface area (Å²) < 4.78 is 25.6. The van der Waals surface area contributed by atoms with Gasteiger partial charge in [-0.15, -0.1) is 0 Å². The summed E-state index contributed by atoms with van der Waals surface area (Å²) in [5, 5.41) is 9.41. The summed E-state index contributed by atoms with van der Waals surface area (Å²) in [4.78, 5) is 0. The van der Waals surface area contributed by atoms with E-state index in [9.17, 15) is 9.50 Å². The Labute approximate surface area is 131 Å². The van der Waals surface area contributed by atoms with Gasteiger partial charge in [0.15, 0.2) is 11.6 Å². The summed E-state index contributed by atoms with van der Waals surface area (Å²) in [7, 11) is 1.42. The Bertz CT molecular complexity index is 644. The van der Waals surface area contributed by atoms with Gasteiger partial charge in [0.1, 0.15) is 12.4 Å². The summed E-state index contributed by atoms with van der Waals surface area (Å²) >= 11 is 3.37. The second-order valence-electron chi connectivity index (χ2n) is 4.59. The largest absolute Gasteiger partial charge is 0.494 e. The Morgan fingerprint density at radius 3 is 2.67 bits per heavy atom. The SMILES string of the molecule is COc1cccc(COc2c(C)cc(Br)cc2CO)c1F. The second kappa shape index (κ2) is 6.91. The Balaban J connectivity index is 2.25. The van der Waals surface area contributed by atoms with Crippen molar-refractivity contribution in [3.05, 3.63) is 57.3 Å². The number of hydrogen-bond donors (Lipinski definition) is 1. The van der Waals surface area contributed by atoms with E-state index >= 15 is 0 Å². The number of aliphatic hydroxyl groups is 1. The zero-order valence-corrected chi connectivity index (χ0v) is 13.4. The Morgan fingerprint density at radius 1 is 1.24 bits per heavy atom. The minimum Gasteiger partial charge on any atom is -0.494 e. The van der Waals surface area contributed by atoms with E-state index in [0.29, 0.717) is 16.9 Å². The van der Waals surface area contributed by atoms with Crippen molar-refractivity contribution in [2.45, 2.75) is 20.1 Å². The molecule has 5 heteroatoms. The van der Waals surface area contributed by atoms with Gasteiger partial charge in [-0.25, -0.2) is 4.39 Å². The number of rotatable bonds is 5. The molecule has 0 atom stereocenters. The lowest BCUT2D eigenvalue weighted by molar-refractivity contribution is 0.255. The molecule has 0 saturated heterocycles. The van der Waals surface area contributed by atoms with Gasteiger partial charge >= 0.3 is 0 Å². The molecule has 2 aromatic rings. The standard InChI is InChI=1S/C16H16BrFO3/c1-10-6-13(17)7-12(8-19)16(10)21-9-11-4-3-5-14(20-2)15(11)18/h3-7,19H,8-9H2,1-2H3. The van der Waals surface area contributed by atoms with Crippen molar-refractivity contribution in [1.82, 2.24) is 0 Å². The number of methoxy groups -OCH3 is 1. The minimum absolute atomic E-state index is 0.0680. The van der Waals surface area contributed by atoms with Crippen LogP contribution in [0.15, 0.2) is 34.8 Å². The quantitative estimate of drug-likeness (QED) is 0.882. The van der Waals surface area contributed by atoms with Crippen LogP contribution >= 0.6 is 15.9 Å². The molecule has 0 aliphatic rings. The van der Waals surface area contributed by atoms with Crippen LogP contribution < -0.4 is 9.47 Å². The van der Waals surface area contributed by atoms with Crippen LogP contribution in [-0.4, -0.2) is 12.2 Å². The fourth-order valence-corrected chi connectivity index (χ4v) is 2.72. The van der Waals surface area contributed by atoms with Gasteiger partial charge in [0.25, 0.3) is 0 Å². The molecule has 0 spiro atoms. The lowest BCUT2D eigenvalue weighted by atomic mass is 10.1. The highest BCUT2D eigenvalue weighted by atomic mass is 79.9. The first-order valence-electron chi connectivity index (χ1n) is 6.41. The van der Waals surface area contributed by atoms with Crippen molar-refractivity contribution in [1.29, 1.82) is 0 Å². The van der Waals surface area contributed by atoms with E-state index in [2.05, 4.69) is 15.9 Å². The molecule has 0 heterocycles. The topological polar surface area (TPSA) is 38.7 Å². The molecule has 112 valence electrons. The van der Waals surface area contributed by atoms with Crippen LogP contribution in [0.3, 0.4) is 0 Å². The van der Waals surface area contributed by atoms with Crippen molar-refractivity contribution in [3.8, 4) is 11.5 Å². The van der Waals surface area contributed by atoms with Gasteiger partial charge in [0.05, 0.1) is 13.7 Å². The predicted octanol–water partition coefficient (Wildman–Crippen LogP) is 3.98. The normalized spacial score (nSPS) is 10.5. The number of aliphatic hydroxyl groups excluding tert-OH is 1. The molecule has 0 aliphatic carbocycles. The summed E-state index contributed by atoms with van der Waals surface area (Å²) in [6.07, 6.45) is 0. The Morgan fingerprint density at radius 2 is 2.00 bits per heavy atom. The number of benzene rings is 2. The number of aryl methyl sites for hydroxylation is 1. The van der Waals surface area contributed by atoms with Gasteiger partial charge in [0.2, 0.25) is 0 Å². The lowest BCUT2D eigenvalue weighted by Crippen LogP contribution is -2.03. The third-order valence-electron chi connectivity index (χ3n) is 3.12. The molecule has 0 aliphatic heterocycles. The van der Waals surface area contributed by atoms with Gasteiger partial charge in [-0.1, -0.05) is 28.1 Å². The Hall–Kier alpha value is -1.59. The summed E-state index contributed by atoms with van der Waals surface area (Å²) in [6.45, 7) is 1.80. The smallest absolute Gasteiger partial charge is 0.171 e. The molecular weight excluding hydrogens is 339 g/mol. The fourth-order valence-electron chi connectivity index (χ4n) is 2.10. The fraction of sp³-hybridized carbons (Fsp3) is 0.250. The molecule has 2 aromatic carbocycles. The van der Waals surface area contributed by atoms with E-state index in [0.717, 1.165) is 10.0 Å². The number of ether oxygens (including phenoxy) is 2. The van der Waals surface area contributed by atoms with E-state index < -0.39 is 5.82 Å². The van der Waals surface area contributed by atoms with Gasteiger partial charge in [-0.2, -0.15) is 0 Å². The number of hydrogen-bond acceptors (Lipinski definition) is 3. The van der Waals surface area contributed by atoms with Crippen LogP contribution in [0, 0.1) is 12.7 Å². The van der Waals surface area contributed by atoms with Crippen LogP contribution in [0.5, 0.6) is 11.5 Å². The van der Waals surface area contributed by atoms with Crippen molar-refractivity contribution in [2.75, 3.05) is 7.11 Å². The molecule has 0 radical (unpaired) electrons. The molecule has 0 saturated carbocycles. The molecule has 0 unspecified atom stereocenters. The monoisotopic (exact) mass is 354 g/mol. The third-order valence-corrected chi connectivity index (χ3v) is 3.58. The lowest BCUT2D eigenvalue weighted by Gasteiger charge is -2.14. The van der Waals surface area contributed by atoms with Gasteiger partial charge in [0, 0.05) is 15.6 Å². The molecule has 2 rings (SSSR count). The highest BCUT2D eigenvalue weighted by Gasteiger charge is 2.12. The minimum atomic E-state index is -0.430. The summed E-state index contributed by atoms with van der Waals surface area (Å²) in [6, 6.07) is 8.58. The van der Waals surface area contributed by atoms with Crippen molar-refractivity contribution < 1.29 is 19.0 Å². The molecule has 0 amide bonds. The first-order chi connectivity index (χ1) is 10.1. The molecular formula is C16H16BrFO3. The molecule has 21 heavy (non-hydrogen) atoms. The van der Waals surface area contributed by atoms with E-state index in [-0.39, 0.29) is 19.0 Å². The first-order valence-corrected chi connectivity index (χ1v) is 7.20. The van der Waals surface area contributed by atoms with Crippen LogP contribution in [0.1, 0.15) is 16.7 Å². The molecule has 0 bridgehead atoms. The van der Waals surface area contributed by atoms with Crippen molar-refractivity contribution in [2.24, 2.45) is 0 Å². The van der Waals surface area contributed by atoms with Crippen molar-refractivity contribution >= 4 is 15.9 Å². The van der Waals surface area contributed by atoms with Crippen LogP contribution in [-0.2, 0) is 13.2 Å². The van der Waals surface area contributed by atoms with E-state index in [1.54, 1.807) is 24.3 Å². The summed E-state index contributed by atoms with van der Waals surface area (Å²) in [5.74, 6) is 0.328. The molecule has 0 fully saturated rings. The van der Waals surface area contributed by atoms with Crippen LogP contribution in [0.4, 0.5) is 4.39 Å². The maximum atomic E-state index is 14.1. The van der Waals surface area contributed by atoms with E-state index in [1.165, 1.54) is 7.11 Å². The van der Waals surface area contributed by atoms with E-state index in [4.69, 9.17) is 9.47 Å². The van der Waals surface area contributed by atoms with Crippen LogP contribution in [0.2, 0.25) is 0 Å². The average Bonchev–Trinajstić information content (AvgIpc) is 2.47. The zero-order chi connectivity index (χ0) is 15.4. The first kappa shape index (κ1) is 15.8. The van der Waals surface area contributed by atoms with Gasteiger partial charge in [-0.3, -0.25) is 0 Å². The maximum absolute atomic E-state index is 14.1. The van der Waals surface area contributed by atoms with E-state index in [1.807, 2.05) is 13.0 Å². The Kier molecular flexibility index (Phi) is 5.20.